The molecule has 1 aromatic carbocycles. The summed E-state index contributed by atoms with van der Waals surface area (Å²) in [4.78, 5) is 24.8. The SMILES string of the molecule is Cc1nnc(-c2cccc(NC3=CC(=O)N(CCO)C3=O)c2)o1. The largest absolute Gasteiger partial charge is 0.421 e. The Morgan fingerprint density at radius 3 is 2.83 bits per heavy atom. The molecular formula is C15H14N4O4. The molecule has 0 atom stereocenters. The number of anilines is 1. The molecule has 0 aliphatic carbocycles. The molecule has 2 N–H and O–H groups in total. The summed E-state index contributed by atoms with van der Waals surface area (Å²) in [5.74, 6) is -0.0912. The van der Waals surface area contributed by atoms with Gasteiger partial charge in [-0.05, 0) is 18.2 Å². The van der Waals surface area contributed by atoms with Gasteiger partial charge in [0.1, 0.15) is 5.70 Å². The first-order valence-corrected chi connectivity index (χ1v) is 6.94. The van der Waals surface area contributed by atoms with Crippen LogP contribution in [0.2, 0.25) is 0 Å². The number of hydrogen-bond acceptors (Lipinski definition) is 7. The zero-order valence-corrected chi connectivity index (χ0v) is 12.3. The molecule has 1 aliphatic rings. The molecule has 1 aliphatic heterocycles. The average molecular weight is 314 g/mol. The van der Waals surface area contributed by atoms with Gasteiger partial charge >= 0.3 is 0 Å². The number of nitrogens with one attached hydrogen (secondary N) is 1. The predicted molar refractivity (Wildman–Crippen MR) is 80.0 cm³/mol. The number of imide groups is 1. The highest BCUT2D eigenvalue weighted by molar-refractivity contribution is 6.17. The lowest BCUT2D eigenvalue weighted by molar-refractivity contribution is -0.137. The molecule has 8 heteroatoms. The highest BCUT2D eigenvalue weighted by atomic mass is 16.4. The van der Waals surface area contributed by atoms with Crippen molar-refractivity contribution in [2.75, 3.05) is 18.5 Å². The van der Waals surface area contributed by atoms with Gasteiger partial charge in [-0.1, -0.05) is 6.07 Å². The zero-order valence-electron chi connectivity index (χ0n) is 12.3. The summed E-state index contributed by atoms with van der Waals surface area (Å²) in [5.41, 5.74) is 1.46. The minimum atomic E-state index is -0.469. The third kappa shape index (κ3) is 2.97. The van der Waals surface area contributed by atoms with E-state index in [0.29, 0.717) is 23.0 Å². The maximum atomic E-state index is 12.1. The van der Waals surface area contributed by atoms with Crippen LogP contribution >= 0.6 is 0 Å². The molecular weight excluding hydrogens is 300 g/mol. The molecule has 0 unspecified atom stereocenters. The Hall–Kier alpha value is -3.00. The third-order valence-electron chi connectivity index (χ3n) is 3.25. The summed E-state index contributed by atoms with van der Waals surface area (Å²) in [5, 5.41) is 19.5. The number of aliphatic hydroxyl groups excluding tert-OH is 1. The Morgan fingerprint density at radius 1 is 1.30 bits per heavy atom. The van der Waals surface area contributed by atoms with Gasteiger partial charge in [-0.3, -0.25) is 14.5 Å². The molecule has 8 nitrogen and oxygen atoms in total. The van der Waals surface area contributed by atoms with Crippen LogP contribution in [0, 0.1) is 6.92 Å². The number of aryl methyl sites for hydroxylation is 1. The van der Waals surface area contributed by atoms with Crippen molar-refractivity contribution in [3.8, 4) is 11.5 Å². The number of aliphatic hydroxyl groups is 1. The minimum absolute atomic E-state index is 0.0271. The fraction of sp³-hybridized carbons (Fsp3) is 0.200. The van der Waals surface area contributed by atoms with Crippen LogP contribution in [0.25, 0.3) is 11.5 Å². The van der Waals surface area contributed by atoms with Gasteiger partial charge in [-0.2, -0.15) is 0 Å². The Balaban J connectivity index is 1.80. The van der Waals surface area contributed by atoms with E-state index in [1.807, 2.05) is 0 Å². The van der Waals surface area contributed by atoms with E-state index in [4.69, 9.17) is 9.52 Å². The Labute approximate surface area is 131 Å². The van der Waals surface area contributed by atoms with Crippen molar-refractivity contribution in [1.29, 1.82) is 0 Å². The topological polar surface area (TPSA) is 109 Å². The van der Waals surface area contributed by atoms with Crippen LogP contribution in [0.5, 0.6) is 0 Å². The minimum Gasteiger partial charge on any atom is -0.421 e. The first-order chi connectivity index (χ1) is 11.1. The van der Waals surface area contributed by atoms with Gasteiger partial charge in [0.25, 0.3) is 11.8 Å². The maximum Gasteiger partial charge on any atom is 0.277 e. The van der Waals surface area contributed by atoms with Gasteiger partial charge < -0.3 is 14.8 Å². The summed E-state index contributed by atoms with van der Waals surface area (Å²) < 4.78 is 5.36. The third-order valence-corrected chi connectivity index (χ3v) is 3.25. The van der Waals surface area contributed by atoms with Crippen LogP contribution in [-0.4, -0.2) is 45.2 Å². The van der Waals surface area contributed by atoms with Crippen LogP contribution in [-0.2, 0) is 9.59 Å². The molecule has 0 fully saturated rings. The monoisotopic (exact) mass is 314 g/mol. The predicted octanol–water partition coefficient (Wildman–Crippen LogP) is 0.702. The summed E-state index contributed by atoms with van der Waals surface area (Å²) >= 11 is 0. The van der Waals surface area contributed by atoms with E-state index in [0.717, 1.165) is 4.90 Å². The van der Waals surface area contributed by atoms with Crippen molar-refractivity contribution in [2.24, 2.45) is 0 Å². The van der Waals surface area contributed by atoms with Crippen LogP contribution in [0.1, 0.15) is 5.89 Å². The molecule has 3 rings (SSSR count). The van der Waals surface area contributed by atoms with Crippen molar-refractivity contribution in [3.63, 3.8) is 0 Å². The quantitative estimate of drug-likeness (QED) is 0.782. The summed E-state index contributed by atoms with van der Waals surface area (Å²) in [7, 11) is 0. The van der Waals surface area contributed by atoms with Crippen LogP contribution in [0.4, 0.5) is 5.69 Å². The maximum absolute atomic E-state index is 12.1. The van der Waals surface area contributed by atoms with E-state index in [1.54, 1.807) is 31.2 Å². The average Bonchev–Trinajstić information content (AvgIpc) is 3.07. The molecule has 23 heavy (non-hydrogen) atoms. The van der Waals surface area contributed by atoms with Gasteiger partial charge in [0.05, 0.1) is 13.2 Å². The van der Waals surface area contributed by atoms with Crippen molar-refractivity contribution in [3.05, 3.63) is 41.9 Å². The van der Waals surface area contributed by atoms with E-state index in [1.165, 1.54) is 6.08 Å². The molecule has 1 aromatic heterocycles. The van der Waals surface area contributed by atoms with Crippen molar-refractivity contribution in [1.82, 2.24) is 15.1 Å². The van der Waals surface area contributed by atoms with Crippen LogP contribution in [0.15, 0.2) is 40.5 Å². The molecule has 0 spiro atoms. The lowest BCUT2D eigenvalue weighted by atomic mass is 10.2. The second-order valence-corrected chi connectivity index (χ2v) is 4.91. The number of β-amino-alcohol motifs (C(OH)–C–C–N with tert-alkyl or cyclic N) is 1. The Kier molecular flexibility index (Phi) is 3.90. The molecule has 0 saturated carbocycles. The number of nitrogens with zero attached hydrogens (tertiary/aromatic N) is 3. The molecule has 2 aromatic rings. The van der Waals surface area contributed by atoms with Crippen molar-refractivity contribution in [2.45, 2.75) is 6.92 Å². The fourth-order valence-corrected chi connectivity index (χ4v) is 2.21. The molecule has 2 amide bonds. The van der Waals surface area contributed by atoms with E-state index in [-0.39, 0.29) is 18.8 Å². The summed E-state index contributed by atoms with van der Waals surface area (Å²) in [6, 6.07) is 7.05. The second-order valence-electron chi connectivity index (χ2n) is 4.91. The molecule has 0 saturated heterocycles. The zero-order chi connectivity index (χ0) is 16.4. The van der Waals surface area contributed by atoms with Crippen molar-refractivity contribution < 1.29 is 19.1 Å². The lowest BCUT2D eigenvalue weighted by Crippen LogP contribution is -2.34. The second kappa shape index (κ2) is 6.01. The normalized spacial score (nSPS) is 14.3. The number of rotatable bonds is 5. The first kappa shape index (κ1) is 14.9. The molecule has 0 radical (unpaired) electrons. The highest BCUT2D eigenvalue weighted by Crippen LogP contribution is 2.23. The van der Waals surface area contributed by atoms with E-state index in [9.17, 15) is 9.59 Å². The molecule has 2 heterocycles. The molecule has 0 bridgehead atoms. The van der Waals surface area contributed by atoms with Gasteiger partial charge in [-0.15, -0.1) is 10.2 Å². The number of amides is 2. The number of carbonyl (C=O) groups excluding carboxylic acids is 2. The van der Waals surface area contributed by atoms with Gasteiger partial charge in [0, 0.05) is 24.3 Å². The highest BCUT2D eigenvalue weighted by Gasteiger charge is 2.30. The van der Waals surface area contributed by atoms with E-state index >= 15 is 0 Å². The lowest BCUT2D eigenvalue weighted by Gasteiger charge is -2.13. The standard InChI is InChI=1S/C15H14N4O4/c1-9-17-18-14(23-9)10-3-2-4-11(7-10)16-12-8-13(21)19(5-6-20)15(12)22/h2-4,7-8,16,20H,5-6H2,1H3. The Morgan fingerprint density at radius 2 is 2.13 bits per heavy atom. The molecule has 118 valence electrons. The Bertz CT molecular complexity index is 796. The fourth-order valence-electron chi connectivity index (χ4n) is 2.21. The van der Waals surface area contributed by atoms with Gasteiger partial charge in [0.15, 0.2) is 0 Å². The number of hydrogen-bond donors (Lipinski definition) is 2. The van der Waals surface area contributed by atoms with Crippen molar-refractivity contribution >= 4 is 17.5 Å². The van der Waals surface area contributed by atoms with E-state index < -0.39 is 11.8 Å². The number of carbonyl (C=O) groups is 2. The summed E-state index contributed by atoms with van der Waals surface area (Å²) in [6.45, 7) is 1.40. The summed E-state index contributed by atoms with van der Waals surface area (Å²) in [6.07, 6.45) is 1.21. The number of benzene rings is 1. The smallest absolute Gasteiger partial charge is 0.277 e. The van der Waals surface area contributed by atoms with Crippen LogP contribution in [0.3, 0.4) is 0 Å². The number of aromatic nitrogens is 2. The van der Waals surface area contributed by atoms with Gasteiger partial charge in [-0.25, -0.2) is 0 Å². The van der Waals surface area contributed by atoms with Crippen LogP contribution < -0.4 is 5.32 Å². The van der Waals surface area contributed by atoms with Gasteiger partial charge in [0.2, 0.25) is 11.8 Å². The first-order valence-electron chi connectivity index (χ1n) is 6.94. The van der Waals surface area contributed by atoms with E-state index in [2.05, 4.69) is 15.5 Å².